The highest BCUT2D eigenvalue weighted by Crippen LogP contribution is 2.43. The number of benzene rings is 1. The van der Waals surface area contributed by atoms with E-state index < -0.39 is 0 Å². The average Bonchev–Trinajstić information content (AvgIpc) is 2.73. The second kappa shape index (κ2) is 9.46. The molecule has 2 fully saturated rings. The molecule has 0 saturated heterocycles. The van der Waals surface area contributed by atoms with E-state index in [1.54, 1.807) is 23.1 Å². The third-order valence-electron chi connectivity index (χ3n) is 9.22. The van der Waals surface area contributed by atoms with Crippen molar-refractivity contribution in [3.63, 3.8) is 0 Å². The predicted octanol–water partition coefficient (Wildman–Crippen LogP) is 8.89. The highest BCUT2D eigenvalue weighted by atomic mass is 79.9. The zero-order valence-electron chi connectivity index (χ0n) is 19.5. The Hall–Kier alpha value is -0.300. The maximum Gasteiger partial charge on any atom is 0.0239 e. The lowest BCUT2D eigenvalue weighted by Crippen LogP contribution is -2.24. The van der Waals surface area contributed by atoms with Gasteiger partial charge in [-0.05, 0) is 110 Å². The van der Waals surface area contributed by atoms with Crippen molar-refractivity contribution < 1.29 is 0 Å². The summed E-state index contributed by atoms with van der Waals surface area (Å²) >= 11 is 3.85. The van der Waals surface area contributed by atoms with Gasteiger partial charge in [0.1, 0.15) is 0 Å². The number of rotatable bonds is 4. The summed E-state index contributed by atoms with van der Waals surface area (Å²) in [6.45, 7) is 9.43. The molecule has 0 heterocycles. The van der Waals surface area contributed by atoms with Crippen LogP contribution in [-0.2, 0) is 12.8 Å². The largest absolute Gasteiger partial charge is 0.0625 e. The monoisotopic (exact) mass is 458 g/mol. The van der Waals surface area contributed by atoms with Gasteiger partial charge in [-0.25, -0.2) is 0 Å². The molecule has 1 aromatic carbocycles. The first-order chi connectivity index (χ1) is 13.9. The van der Waals surface area contributed by atoms with Crippen molar-refractivity contribution in [1.82, 2.24) is 0 Å². The molecular weight excluding hydrogens is 416 g/mol. The fraction of sp³-hybridized carbons (Fsp3) is 0.786. The van der Waals surface area contributed by atoms with Crippen molar-refractivity contribution >= 4 is 15.9 Å². The SMILES string of the molecule is Cc1c(C)c2c(c(C)c1Br)CCC(CC1CCC(CC3CCC(C)CC3)CC1)C2. The smallest absolute Gasteiger partial charge is 0.0239 e. The van der Waals surface area contributed by atoms with Crippen molar-refractivity contribution in [2.45, 2.75) is 111 Å². The molecule has 0 amide bonds. The van der Waals surface area contributed by atoms with Gasteiger partial charge in [-0.15, -0.1) is 0 Å². The second-order valence-corrected chi connectivity index (χ2v) is 12.0. The molecule has 0 spiro atoms. The first-order valence-corrected chi connectivity index (χ1v) is 13.5. The van der Waals surface area contributed by atoms with E-state index in [1.807, 2.05) is 0 Å². The van der Waals surface area contributed by atoms with Crippen LogP contribution in [0.25, 0.3) is 0 Å². The van der Waals surface area contributed by atoms with Crippen molar-refractivity contribution in [1.29, 1.82) is 0 Å². The van der Waals surface area contributed by atoms with Gasteiger partial charge in [-0.1, -0.05) is 74.2 Å². The van der Waals surface area contributed by atoms with Gasteiger partial charge in [0.2, 0.25) is 0 Å². The highest BCUT2D eigenvalue weighted by molar-refractivity contribution is 9.10. The molecule has 1 unspecified atom stereocenters. The number of fused-ring (bicyclic) bond motifs is 1. The minimum atomic E-state index is 0.933. The number of hydrogen-bond acceptors (Lipinski definition) is 0. The fourth-order valence-corrected chi connectivity index (χ4v) is 7.56. The molecule has 0 aromatic heterocycles. The van der Waals surface area contributed by atoms with Crippen molar-refractivity contribution in [3.8, 4) is 0 Å². The zero-order valence-corrected chi connectivity index (χ0v) is 21.0. The normalized spacial score (nSPS) is 32.8. The number of halogens is 1. The summed E-state index contributed by atoms with van der Waals surface area (Å²) in [7, 11) is 0. The topological polar surface area (TPSA) is 0 Å². The molecule has 3 aliphatic carbocycles. The molecule has 0 radical (unpaired) electrons. The summed E-state index contributed by atoms with van der Waals surface area (Å²) in [6.07, 6.45) is 19.3. The summed E-state index contributed by atoms with van der Waals surface area (Å²) in [6, 6.07) is 0. The van der Waals surface area contributed by atoms with Crippen LogP contribution in [0.4, 0.5) is 0 Å². The third kappa shape index (κ3) is 4.97. The first-order valence-electron chi connectivity index (χ1n) is 12.7. The van der Waals surface area contributed by atoms with E-state index in [1.165, 1.54) is 92.6 Å². The van der Waals surface area contributed by atoms with Crippen LogP contribution in [0.2, 0.25) is 0 Å². The lowest BCUT2D eigenvalue weighted by molar-refractivity contribution is 0.180. The van der Waals surface area contributed by atoms with Gasteiger partial charge in [-0.2, -0.15) is 0 Å². The molecule has 162 valence electrons. The lowest BCUT2D eigenvalue weighted by Gasteiger charge is -2.36. The van der Waals surface area contributed by atoms with E-state index in [9.17, 15) is 0 Å². The van der Waals surface area contributed by atoms with Gasteiger partial charge in [-0.3, -0.25) is 0 Å². The van der Waals surface area contributed by atoms with Gasteiger partial charge >= 0.3 is 0 Å². The summed E-state index contributed by atoms with van der Waals surface area (Å²) in [5.74, 6) is 5.07. The van der Waals surface area contributed by atoms with E-state index in [0.717, 1.165) is 29.6 Å². The van der Waals surface area contributed by atoms with Crippen LogP contribution in [0.15, 0.2) is 4.47 Å². The quantitative estimate of drug-likeness (QED) is 0.422. The summed E-state index contributed by atoms with van der Waals surface area (Å²) < 4.78 is 1.36. The predicted molar refractivity (Wildman–Crippen MR) is 130 cm³/mol. The molecule has 29 heavy (non-hydrogen) atoms. The molecule has 4 rings (SSSR count). The van der Waals surface area contributed by atoms with E-state index in [0.29, 0.717) is 0 Å². The van der Waals surface area contributed by atoms with E-state index in [4.69, 9.17) is 0 Å². The Balaban J connectivity index is 1.28. The van der Waals surface area contributed by atoms with Gasteiger partial charge in [0, 0.05) is 4.47 Å². The highest BCUT2D eigenvalue weighted by Gasteiger charge is 2.29. The maximum atomic E-state index is 3.85. The molecule has 0 N–H and O–H groups in total. The van der Waals surface area contributed by atoms with E-state index in [-0.39, 0.29) is 0 Å². The molecule has 2 saturated carbocycles. The Labute approximate surface area is 188 Å². The Kier molecular flexibility index (Phi) is 7.14. The van der Waals surface area contributed by atoms with Crippen molar-refractivity contribution in [2.24, 2.45) is 29.6 Å². The van der Waals surface area contributed by atoms with E-state index >= 15 is 0 Å². The minimum absolute atomic E-state index is 0.933. The van der Waals surface area contributed by atoms with Crippen molar-refractivity contribution in [3.05, 3.63) is 32.3 Å². The zero-order chi connectivity index (χ0) is 20.5. The van der Waals surface area contributed by atoms with Crippen LogP contribution in [0.1, 0.15) is 105 Å². The second-order valence-electron chi connectivity index (χ2n) is 11.2. The standard InChI is InChI=1S/C28H43Br/c1-18-5-7-22(8-6-18)15-23-9-11-24(12-10-23)16-25-13-14-26-21(4)28(29)20(3)19(2)27(26)17-25/h18,22-25H,5-17H2,1-4H3. The summed E-state index contributed by atoms with van der Waals surface area (Å²) in [4.78, 5) is 0. The molecule has 0 bridgehead atoms. The molecule has 1 aromatic rings. The molecular formula is C28H43Br. The van der Waals surface area contributed by atoms with Crippen LogP contribution < -0.4 is 0 Å². The molecule has 1 atom stereocenters. The summed E-state index contributed by atoms with van der Waals surface area (Å²) in [5, 5.41) is 0. The molecule has 0 nitrogen and oxygen atoms in total. The van der Waals surface area contributed by atoms with Crippen LogP contribution in [0, 0.1) is 50.4 Å². The Morgan fingerprint density at radius 3 is 1.72 bits per heavy atom. The van der Waals surface area contributed by atoms with Gasteiger partial charge < -0.3 is 0 Å². The lowest BCUT2D eigenvalue weighted by atomic mass is 9.70. The van der Waals surface area contributed by atoms with Gasteiger partial charge in [0.05, 0.1) is 0 Å². The maximum absolute atomic E-state index is 3.85. The van der Waals surface area contributed by atoms with Crippen LogP contribution in [-0.4, -0.2) is 0 Å². The van der Waals surface area contributed by atoms with Crippen molar-refractivity contribution in [2.75, 3.05) is 0 Å². The Bertz CT molecular complexity index is 702. The van der Waals surface area contributed by atoms with Crippen LogP contribution in [0.3, 0.4) is 0 Å². The molecule has 3 aliphatic rings. The van der Waals surface area contributed by atoms with Gasteiger partial charge in [0.25, 0.3) is 0 Å². The Morgan fingerprint density at radius 1 is 0.621 bits per heavy atom. The number of hydrogen-bond donors (Lipinski definition) is 0. The fourth-order valence-electron chi connectivity index (χ4n) is 7.02. The van der Waals surface area contributed by atoms with Crippen LogP contribution in [0.5, 0.6) is 0 Å². The first kappa shape index (κ1) is 21.9. The minimum Gasteiger partial charge on any atom is -0.0625 e. The third-order valence-corrected chi connectivity index (χ3v) is 10.4. The van der Waals surface area contributed by atoms with Crippen LogP contribution >= 0.6 is 15.9 Å². The molecule has 1 heteroatoms. The summed E-state index contributed by atoms with van der Waals surface area (Å²) in [5.41, 5.74) is 7.92. The average molecular weight is 460 g/mol. The molecule has 0 aliphatic heterocycles. The Morgan fingerprint density at radius 2 is 1.14 bits per heavy atom. The van der Waals surface area contributed by atoms with E-state index in [2.05, 4.69) is 43.6 Å². The van der Waals surface area contributed by atoms with Gasteiger partial charge in [0.15, 0.2) is 0 Å².